The first kappa shape index (κ1) is 15.1. The van der Waals surface area contributed by atoms with Crippen molar-refractivity contribution in [1.82, 2.24) is 10.3 Å². The van der Waals surface area contributed by atoms with Gasteiger partial charge < -0.3 is 10.2 Å². The molecule has 1 aliphatic carbocycles. The molecule has 0 bridgehead atoms. The first-order valence-corrected chi connectivity index (χ1v) is 9.37. The summed E-state index contributed by atoms with van der Waals surface area (Å²) >= 11 is 3.76. The van der Waals surface area contributed by atoms with Crippen LogP contribution in [0.5, 0.6) is 0 Å². The van der Waals surface area contributed by atoms with Gasteiger partial charge in [0, 0.05) is 36.8 Å². The predicted octanol–water partition coefficient (Wildman–Crippen LogP) is 3.15. The zero-order valence-electron chi connectivity index (χ0n) is 12.2. The molecule has 1 saturated carbocycles. The van der Waals surface area contributed by atoms with E-state index in [9.17, 15) is 0 Å². The minimum Gasteiger partial charge on any atom is -0.350 e. The van der Waals surface area contributed by atoms with Crippen LogP contribution in [0.15, 0.2) is 0 Å². The third-order valence-corrected chi connectivity index (χ3v) is 5.14. The fraction of sp³-hybridized carbons (Fsp3) is 0.786. The number of nitrogens with zero attached hydrogens (tertiary/aromatic N) is 2. The van der Waals surface area contributed by atoms with Crippen molar-refractivity contribution in [2.45, 2.75) is 45.2 Å². The Balaban J connectivity index is 1.99. The van der Waals surface area contributed by atoms with Crippen LogP contribution in [0.3, 0.4) is 0 Å². The number of rotatable bonds is 9. The summed E-state index contributed by atoms with van der Waals surface area (Å²) in [6.07, 6.45) is 7.14. The molecule has 1 N–H and O–H groups in total. The van der Waals surface area contributed by atoms with E-state index in [0.717, 1.165) is 31.3 Å². The molecule has 1 aromatic heterocycles. The molecule has 0 aromatic carbocycles. The quantitative estimate of drug-likeness (QED) is 0.758. The summed E-state index contributed by atoms with van der Waals surface area (Å²) in [5.74, 6) is 1.16. The molecule has 1 heterocycles. The Kier molecular flexibility index (Phi) is 5.98. The van der Waals surface area contributed by atoms with Crippen molar-refractivity contribution in [1.29, 1.82) is 0 Å². The molecule has 0 aliphatic heterocycles. The molecule has 108 valence electrons. The molecule has 0 unspecified atom stereocenters. The highest BCUT2D eigenvalue weighted by atomic mass is 32.2. The van der Waals surface area contributed by atoms with Gasteiger partial charge in [0.1, 0.15) is 0 Å². The van der Waals surface area contributed by atoms with Crippen molar-refractivity contribution < 1.29 is 0 Å². The summed E-state index contributed by atoms with van der Waals surface area (Å²) in [7, 11) is 2.16. The SMILES string of the molecule is CCCc1nc(N(C)CCSC)sc1CNC1CC1. The zero-order chi connectivity index (χ0) is 13.7. The fourth-order valence-electron chi connectivity index (χ4n) is 1.95. The van der Waals surface area contributed by atoms with E-state index in [1.54, 1.807) is 0 Å². The van der Waals surface area contributed by atoms with Crippen LogP contribution in [-0.2, 0) is 13.0 Å². The highest BCUT2D eigenvalue weighted by molar-refractivity contribution is 7.98. The molecular formula is C14H25N3S2. The number of aromatic nitrogens is 1. The van der Waals surface area contributed by atoms with Crippen molar-refractivity contribution in [2.75, 3.05) is 30.5 Å². The lowest BCUT2D eigenvalue weighted by Gasteiger charge is -2.14. The molecule has 0 amide bonds. The Hall–Kier alpha value is -0.260. The molecule has 2 rings (SSSR count). The second-order valence-electron chi connectivity index (χ2n) is 5.19. The van der Waals surface area contributed by atoms with Crippen molar-refractivity contribution in [2.24, 2.45) is 0 Å². The van der Waals surface area contributed by atoms with Gasteiger partial charge in [-0.1, -0.05) is 13.3 Å². The summed E-state index contributed by atoms with van der Waals surface area (Å²) in [4.78, 5) is 8.58. The van der Waals surface area contributed by atoms with E-state index in [1.165, 1.54) is 35.0 Å². The van der Waals surface area contributed by atoms with Gasteiger partial charge >= 0.3 is 0 Å². The Morgan fingerprint density at radius 3 is 2.89 bits per heavy atom. The molecule has 1 fully saturated rings. The van der Waals surface area contributed by atoms with Crippen LogP contribution < -0.4 is 10.2 Å². The lowest BCUT2D eigenvalue weighted by Crippen LogP contribution is -2.19. The Morgan fingerprint density at radius 2 is 2.26 bits per heavy atom. The lowest BCUT2D eigenvalue weighted by molar-refractivity contribution is 0.686. The summed E-state index contributed by atoms with van der Waals surface area (Å²) in [6, 6.07) is 0.772. The second kappa shape index (κ2) is 7.50. The van der Waals surface area contributed by atoms with Gasteiger partial charge in [0.15, 0.2) is 5.13 Å². The van der Waals surface area contributed by atoms with Gasteiger partial charge in [0.25, 0.3) is 0 Å². The molecule has 5 heteroatoms. The van der Waals surface area contributed by atoms with Gasteiger partial charge in [-0.05, 0) is 25.5 Å². The van der Waals surface area contributed by atoms with Gasteiger partial charge in [0.05, 0.1) is 5.69 Å². The highest BCUT2D eigenvalue weighted by Crippen LogP contribution is 2.28. The van der Waals surface area contributed by atoms with Crippen LogP contribution >= 0.6 is 23.1 Å². The molecule has 3 nitrogen and oxygen atoms in total. The largest absolute Gasteiger partial charge is 0.350 e. The molecule has 0 radical (unpaired) electrons. The minimum atomic E-state index is 0.772. The molecule has 19 heavy (non-hydrogen) atoms. The maximum Gasteiger partial charge on any atom is 0.185 e. The Morgan fingerprint density at radius 1 is 1.47 bits per heavy atom. The fourth-order valence-corrected chi connectivity index (χ4v) is 3.45. The van der Waals surface area contributed by atoms with E-state index in [4.69, 9.17) is 4.98 Å². The van der Waals surface area contributed by atoms with Crippen LogP contribution in [0.2, 0.25) is 0 Å². The van der Waals surface area contributed by atoms with Gasteiger partial charge in [-0.3, -0.25) is 0 Å². The van der Waals surface area contributed by atoms with E-state index >= 15 is 0 Å². The summed E-state index contributed by atoms with van der Waals surface area (Å²) in [5, 5.41) is 4.80. The summed E-state index contributed by atoms with van der Waals surface area (Å²) < 4.78 is 0. The van der Waals surface area contributed by atoms with Crippen LogP contribution in [0.25, 0.3) is 0 Å². The highest BCUT2D eigenvalue weighted by Gasteiger charge is 2.21. The van der Waals surface area contributed by atoms with Gasteiger partial charge in [-0.25, -0.2) is 4.98 Å². The smallest absolute Gasteiger partial charge is 0.185 e. The third-order valence-electron chi connectivity index (χ3n) is 3.34. The number of anilines is 1. The normalized spacial score (nSPS) is 14.9. The zero-order valence-corrected chi connectivity index (χ0v) is 13.9. The van der Waals surface area contributed by atoms with Gasteiger partial charge in [0.2, 0.25) is 0 Å². The van der Waals surface area contributed by atoms with E-state index in [0.29, 0.717) is 0 Å². The van der Waals surface area contributed by atoms with E-state index in [2.05, 4.69) is 30.4 Å². The molecular weight excluding hydrogens is 274 g/mol. The average Bonchev–Trinajstić information content (AvgIpc) is 3.15. The third kappa shape index (κ3) is 4.65. The van der Waals surface area contributed by atoms with Crippen LogP contribution in [0.4, 0.5) is 5.13 Å². The monoisotopic (exact) mass is 299 g/mol. The van der Waals surface area contributed by atoms with E-state index < -0.39 is 0 Å². The molecule has 0 spiro atoms. The summed E-state index contributed by atoms with van der Waals surface area (Å²) in [6.45, 7) is 4.32. The Bertz CT molecular complexity index is 388. The van der Waals surface area contributed by atoms with Crippen molar-refractivity contribution in [3.05, 3.63) is 10.6 Å². The first-order chi connectivity index (χ1) is 9.24. The molecule has 0 saturated heterocycles. The van der Waals surface area contributed by atoms with Gasteiger partial charge in [-0.15, -0.1) is 11.3 Å². The second-order valence-corrected chi connectivity index (χ2v) is 7.23. The number of hydrogen-bond acceptors (Lipinski definition) is 5. The average molecular weight is 300 g/mol. The number of hydrogen-bond donors (Lipinski definition) is 1. The van der Waals surface area contributed by atoms with Crippen LogP contribution in [-0.4, -0.2) is 36.6 Å². The standard InChI is InChI=1S/C14H25N3S2/c1-4-5-12-13(10-15-11-6-7-11)19-14(16-12)17(2)8-9-18-3/h11,15H,4-10H2,1-3H3. The first-order valence-electron chi connectivity index (χ1n) is 7.16. The number of nitrogens with one attached hydrogen (secondary N) is 1. The number of thioether (sulfide) groups is 1. The molecule has 1 aromatic rings. The van der Waals surface area contributed by atoms with Crippen molar-refractivity contribution in [3.63, 3.8) is 0 Å². The summed E-state index contributed by atoms with van der Waals surface area (Å²) in [5.41, 5.74) is 1.31. The van der Waals surface area contributed by atoms with Crippen molar-refractivity contribution in [3.8, 4) is 0 Å². The maximum atomic E-state index is 4.85. The lowest BCUT2D eigenvalue weighted by atomic mass is 10.2. The molecule has 0 atom stereocenters. The molecule has 1 aliphatic rings. The van der Waals surface area contributed by atoms with Crippen molar-refractivity contribution >= 4 is 28.2 Å². The van der Waals surface area contributed by atoms with Crippen LogP contribution in [0.1, 0.15) is 36.8 Å². The number of thiazole rings is 1. The predicted molar refractivity (Wildman–Crippen MR) is 87.6 cm³/mol. The maximum absolute atomic E-state index is 4.85. The topological polar surface area (TPSA) is 28.2 Å². The van der Waals surface area contributed by atoms with Crippen LogP contribution in [0, 0.1) is 0 Å². The minimum absolute atomic E-state index is 0.772. The van der Waals surface area contributed by atoms with Gasteiger partial charge in [-0.2, -0.15) is 11.8 Å². The van der Waals surface area contributed by atoms with E-state index in [1.807, 2.05) is 23.1 Å². The Labute approximate surface area is 125 Å². The number of aryl methyl sites for hydroxylation is 1. The van der Waals surface area contributed by atoms with E-state index in [-0.39, 0.29) is 0 Å².